The monoisotopic (exact) mass is 253 g/mol. The quantitative estimate of drug-likeness (QED) is 0.504. The molecule has 1 N–H and O–H groups in total. The van der Waals surface area contributed by atoms with Gasteiger partial charge in [0.05, 0.1) is 0 Å². The molecule has 0 aliphatic carbocycles. The van der Waals surface area contributed by atoms with Crippen LogP contribution in [0.1, 0.15) is 5.56 Å². The molecule has 1 rings (SSSR count). The second-order valence-corrected chi connectivity index (χ2v) is 3.32. The van der Waals surface area contributed by atoms with Crippen molar-refractivity contribution in [2.45, 2.75) is 12.0 Å². The van der Waals surface area contributed by atoms with Gasteiger partial charge < -0.3 is 5.11 Å². The zero-order valence-electron chi connectivity index (χ0n) is 8.24. The van der Waals surface area contributed by atoms with Gasteiger partial charge in [0.1, 0.15) is 0 Å². The molecule has 1 aromatic rings. The zero-order valence-corrected chi connectivity index (χ0v) is 8.24. The smallest absolute Gasteiger partial charge is 0.277 e. The topological polar surface area (TPSA) is 63.4 Å². The van der Waals surface area contributed by atoms with Crippen molar-refractivity contribution in [1.29, 1.82) is 0 Å². The SMILES string of the molecule is O=[N+]([O-])C[C@@](O)(c1cccc(F)c1F)C(F)F. The number of aliphatic hydroxyl groups is 1. The first-order valence-electron chi connectivity index (χ1n) is 4.36. The van der Waals surface area contributed by atoms with E-state index in [0.717, 1.165) is 6.07 Å². The van der Waals surface area contributed by atoms with E-state index in [9.17, 15) is 32.8 Å². The van der Waals surface area contributed by atoms with Crippen molar-refractivity contribution in [3.05, 3.63) is 45.5 Å². The van der Waals surface area contributed by atoms with Gasteiger partial charge in [0.15, 0.2) is 11.6 Å². The van der Waals surface area contributed by atoms with Crippen LogP contribution >= 0.6 is 0 Å². The van der Waals surface area contributed by atoms with Gasteiger partial charge in [-0.25, -0.2) is 17.6 Å². The lowest BCUT2D eigenvalue weighted by Gasteiger charge is -2.23. The Bertz CT molecular complexity index is 440. The van der Waals surface area contributed by atoms with Crippen LogP contribution in [0, 0.1) is 21.7 Å². The minimum absolute atomic E-state index is 0.650. The molecule has 0 fully saturated rings. The fourth-order valence-electron chi connectivity index (χ4n) is 1.31. The van der Waals surface area contributed by atoms with Gasteiger partial charge in [-0.1, -0.05) is 12.1 Å². The molecule has 0 amide bonds. The first-order valence-corrected chi connectivity index (χ1v) is 4.36. The molecule has 0 bridgehead atoms. The van der Waals surface area contributed by atoms with Crippen LogP contribution in [-0.4, -0.2) is 23.0 Å². The number of benzene rings is 1. The Morgan fingerprint density at radius 3 is 2.47 bits per heavy atom. The summed E-state index contributed by atoms with van der Waals surface area (Å²) in [5, 5.41) is 19.6. The van der Waals surface area contributed by atoms with Crippen LogP contribution in [0.15, 0.2) is 18.2 Å². The van der Waals surface area contributed by atoms with E-state index in [1.54, 1.807) is 0 Å². The summed E-state index contributed by atoms with van der Waals surface area (Å²) < 4.78 is 51.2. The van der Waals surface area contributed by atoms with Crippen molar-refractivity contribution in [2.75, 3.05) is 6.54 Å². The van der Waals surface area contributed by atoms with Gasteiger partial charge in [0.2, 0.25) is 12.1 Å². The molecule has 0 unspecified atom stereocenters. The average Bonchev–Trinajstić information content (AvgIpc) is 2.20. The third kappa shape index (κ3) is 2.52. The number of nitro groups is 1. The highest BCUT2D eigenvalue weighted by Gasteiger charge is 2.47. The number of nitrogens with zero attached hydrogens (tertiary/aromatic N) is 1. The van der Waals surface area contributed by atoms with Crippen molar-refractivity contribution < 1.29 is 27.6 Å². The molecule has 8 heteroatoms. The maximum Gasteiger partial charge on any atom is 0.277 e. The van der Waals surface area contributed by atoms with E-state index in [-0.39, 0.29) is 0 Å². The van der Waals surface area contributed by atoms with E-state index in [2.05, 4.69) is 0 Å². The van der Waals surface area contributed by atoms with Crippen molar-refractivity contribution >= 4 is 0 Å². The normalized spacial score (nSPS) is 14.7. The van der Waals surface area contributed by atoms with Gasteiger partial charge in [-0.2, -0.15) is 0 Å². The van der Waals surface area contributed by atoms with Crippen molar-refractivity contribution in [1.82, 2.24) is 0 Å². The van der Waals surface area contributed by atoms with Gasteiger partial charge in [-0.15, -0.1) is 0 Å². The molecule has 17 heavy (non-hydrogen) atoms. The summed E-state index contributed by atoms with van der Waals surface area (Å²) in [4.78, 5) is 8.96. The van der Waals surface area contributed by atoms with E-state index in [1.165, 1.54) is 0 Å². The van der Waals surface area contributed by atoms with Crippen LogP contribution in [-0.2, 0) is 5.60 Å². The molecule has 0 heterocycles. The Balaban J connectivity index is 3.32. The zero-order chi connectivity index (χ0) is 13.2. The van der Waals surface area contributed by atoms with E-state index in [4.69, 9.17) is 0 Å². The summed E-state index contributed by atoms with van der Waals surface area (Å²) in [5.41, 5.74) is -4.49. The van der Waals surface area contributed by atoms with Crippen LogP contribution in [0.4, 0.5) is 17.6 Å². The number of rotatable bonds is 4. The molecule has 0 saturated heterocycles. The standard InChI is InChI=1S/C9H7F4NO3/c10-6-3-1-2-5(7(6)11)9(15,8(12)13)4-14(16)17/h1-3,8,15H,4H2/t9-/m1/s1. The molecule has 0 radical (unpaired) electrons. The largest absolute Gasteiger partial charge is 0.374 e. The molecule has 0 saturated carbocycles. The predicted octanol–water partition coefficient (Wildman–Crippen LogP) is 1.69. The second-order valence-electron chi connectivity index (χ2n) is 3.32. The maximum absolute atomic E-state index is 13.2. The lowest BCUT2D eigenvalue weighted by atomic mass is 9.93. The Labute approximate surface area is 92.6 Å². The lowest BCUT2D eigenvalue weighted by molar-refractivity contribution is -0.508. The fourth-order valence-corrected chi connectivity index (χ4v) is 1.31. The highest BCUT2D eigenvalue weighted by atomic mass is 19.3. The van der Waals surface area contributed by atoms with Crippen molar-refractivity contribution in [3.63, 3.8) is 0 Å². The third-order valence-electron chi connectivity index (χ3n) is 2.15. The van der Waals surface area contributed by atoms with Crippen molar-refractivity contribution in [3.8, 4) is 0 Å². The number of hydrogen-bond donors (Lipinski definition) is 1. The summed E-state index contributed by atoms with van der Waals surface area (Å²) in [6.07, 6.45) is -3.62. The molecule has 0 aliphatic heterocycles. The molecular weight excluding hydrogens is 246 g/mol. The fraction of sp³-hybridized carbons (Fsp3) is 0.333. The Morgan fingerprint density at radius 1 is 1.41 bits per heavy atom. The summed E-state index contributed by atoms with van der Waals surface area (Å²) in [6, 6.07) is 2.20. The Kier molecular flexibility index (Phi) is 3.66. The van der Waals surface area contributed by atoms with Gasteiger partial charge >= 0.3 is 0 Å². The average molecular weight is 253 g/mol. The summed E-state index contributed by atoms with van der Waals surface area (Å²) in [6.45, 7) is -1.62. The van der Waals surface area contributed by atoms with Crippen LogP contribution in [0.5, 0.6) is 0 Å². The second kappa shape index (κ2) is 4.66. The summed E-state index contributed by atoms with van der Waals surface area (Å²) in [7, 11) is 0. The van der Waals surface area contributed by atoms with Gasteiger partial charge in [0.25, 0.3) is 6.43 Å². The van der Waals surface area contributed by atoms with Gasteiger partial charge in [-0.05, 0) is 6.07 Å². The van der Waals surface area contributed by atoms with E-state index in [0.29, 0.717) is 12.1 Å². The molecule has 0 spiro atoms. The van der Waals surface area contributed by atoms with Crippen LogP contribution in [0.25, 0.3) is 0 Å². The first-order chi connectivity index (χ1) is 7.79. The maximum atomic E-state index is 13.2. The highest BCUT2D eigenvalue weighted by Crippen LogP contribution is 2.31. The number of halogens is 4. The Morgan fingerprint density at radius 2 is 2.00 bits per heavy atom. The first kappa shape index (κ1) is 13.4. The molecular formula is C9H7F4NO3. The Hall–Kier alpha value is -1.70. The van der Waals surface area contributed by atoms with Gasteiger partial charge in [0, 0.05) is 10.5 Å². The number of alkyl halides is 2. The molecule has 0 aromatic heterocycles. The van der Waals surface area contributed by atoms with E-state index in [1.807, 2.05) is 0 Å². The summed E-state index contributed by atoms with van der Waals surface area (Å²) in [5.74, 6) is -3.19. The van der Waals surface area contributed by atoms with E-state index < -0.39 is 40.7 Å². The van der Waals surface area contributed by atoms with E-state index >= 15 is 0 Å². The summed E-state index contributed by atoms with van der Waals surface area (Å²) >= 11 is 0. The van der Waals surface area contributed by atoms with Crippen LogP contribution in [0.2, 0.25) is 0 Å². The molecule has 1 atom stereocenters. The minimum atomic E-state index is -3.62. The number of hydrogen-bond acceptors (Lipinski definition) is 3. The third-order valence-corrected chi connectivity index (χ3v) is 2.15. The molecule has 94 valence electrons. The predicted molar refractivity (Wildman–Crippen MR) is 48.1 cm³/mol. The van der Waals surface area contributed by atoms with Crippen LogP contribution in [0.3, 0.4) is 0 Å². The highest BCUT2D eigenvalue weighted by molar-refractivity contribution is 5.26. The minimum Gasteiger partial charge on any atom is -0.374 e. The molecule has 1 aromatic carbocycles. The van der Waals surface area contributed by atoms with Crippen LogP contribution < -0.4 is 0 Å². The lowest BCUT2D eigenvalue weighted by Crippen LogP contribution is -2.42. The molecule has 4 nitrogen and oxygen atoms in total. The molecule has 0 aliphatic rings. The van der Waals surface area contributed by atoms with Crippen molar-refractivity contribution in [2.24, 2.45) is 0 Å². The van der Waals surface area contributed by atoms with Gasteiger partial charge in [-0.3, -0.25) is 10.1 Å².